The van der Waals surface area contributed by atoms with E-state index in [1.54, 1.807) is 13.3 Å². The maximum atomic E-state index is 8.98. The van der Waals surface area contributed by atoms with E-state index in [2.05, 4.69) is 28.1 Å². The Labute approximate surface area is 154 Å². The summed E-state index contributed by atoms with van der Waals surface area (Å²) >= 11 is 0. The second-order valence-electron chi connectivity index (χ2n) is 6.13. The van der Waals surface area contributed by atoms with Crippen LogP contribution in [0.4, 0.5) is 0 Å². The van der Waals surface area contributed by atoms with Crippen LogP contribution in [-0.4, -0.2) is 17.0 Å². The van der Waals surface area contributed by atoms with E-state index in [1.807, 2.05) is 54.7 Å². The molecular weight excluding hydrogens is 322 g/mol. The summed E-state index contributed by atoms with van der Waals surface area (Å²) in [5, 5.41) is 8.98. The van der Waals surface area contributed by atoms with Gasteiger partial charge in [-0.2, -0.15) is 5.26 Å². The van der Waals surface area contributed by atoms with Gasteiger partial charge in [0.05, 0.1) is 18.7 Å². The second kappa shape index (κ2) is 8.80. The minimum atomic E-state index is 0.678. The van der Waals surface area contributed by atoms with Crippen molar-refractivity contribution in [3.05, 3.63) is 95.3 Å². The molecule has 1 heterocycles. The summed E-state index contributed by atoms with van der Waals surface area (Å²) in [5.41, 5.74) is 4.16. The van der Waals surface area contributed by atoms with E-state index in [1.165, 1.54) is 5.56 Å². The molecule has 0 fully saturated rings. The molecule has 130 valence electrons. The van der Waals surface area contributed by atoms with E-state index < -0.39 is 0 Å². The Bertz CT molecular complexity index is 870. The zero-order valence-electron chi connectivity index (χ0n) is 14.8. The summed E-state index contributed by atoms with van der Waals surface area (Å²) in [5.74, 6) is 0.892. The second-order valence-corrected chi connectivity index (χ2v) is 6.13. The molecule has 3 rings (SSSR count). The summed E-state index contributed by atoms with van der Waals surface area (Å²) in [4.78, 5) is 6.56. The van der Waals surface area contributed by atoms with Gasteiger partial charge < -0.3 is 4.74 Å². The van der Waals surface area contributed by atoms with Crippen molar-refractivity contribution in [3.8, 4) is 11.8 Å². The number of pyridine rings is 1. The Balaban J connectivity index is 1.82. The van der Waals surface area contributed by atoms with Gasteiger partial charge in [-0.3, -0.25) is 9.88 Å². The predicted molar refractivity (Wildman–Crippen MR) is 101 cm³/mol. The van der Waals surface area contributed by atoms with E-state index >= 15 is 0 Å². The van der Waals surface area contributed by atoms with E-state index in [9.17, 15) is 0 Å². The van der Waals surface area contributed by atoms with Gasteiger partial charge in [-0.1, -0.05) is 36.4 Å². The maximum absolute atomic E-state index is 8.98. The van der Waals surface area contributed by atoms with Gasteiger partial charge in [0.1, 0.15) is 5.75 Å². The third kappa shape index (κ3) is 4.69. The number of hydrogen-bond donors (Lipinski definition) is 0. The van der Waals surface area contributed by atoms with Crippen molar-refractivity contribution in [3.63, 3.8) is 0 Å². The van der Waals surface area contributed by atoms with Crippen molar-refractivity contribution in [2.24, 2.45) is 0 Å². The molecule has 0 aliphatic rings. The Morgan fingerprint density at radius 3 is 2.38 bits per heavy atom. The maximum Gasteiger partial charge on any atom is 0.123 e. The van der Waals surface area contributed by atoms with Gasteiger partial charge in [-0.05, 0) is 35.4 Å². The zero-order chi connectivity index (χ0) is 18.2. The Morgan fingerprint density at radius 2 is 1.69 bits per heavy atom. The molecule has 4 heteroatoms. The fourth-order valence-corrected chi connectivity index (χ4v) is 2.93. The number of benzene rings is 2. The van der Waals surface area contributed by atoms with Gasteiger partial charge in [-0.15, -0.1) is 0 Å². The first-order chi connectivity index (χ1) is 12.8. The highest BCUT2D eigenvalue weighted by atomic mass is 16.5. The highest BCUT2D eigenvalue weighted by molar-refractivity contribution is 5.34. The molecule has 0 spiro atoms. The third-order valence-electron chi connectivity index (χ3n) is 4.20. The van der Waals surface area contributed by atoms with Crippen molar-refractivity contribution >= 4 is 0 Å². The number of ether oxygens (including phenoxy) is 1. The first-order valence-corrected chi connectivity index (χ1v) is 8.50. The monoisotopic (exact) mass is 343 g/mol. The van der Waals surface area contributed by atoms with Crippen molar-refractivity contribution < 1.29 is 4.74 Å². The van der Waals surface area contributed by atoms with Crippen LogP contribution < -0.4 is 4.74 Å². The highest BCUT2D eigenvalue weighted by Crippen LogP contribution is 2.21. The third-order valence-corrected chi connectivity index (χ3v) is 4.20. The van der Waals surface area contributed by atoms with E-state index in [4.69, 9.17) is 10.00 Å². The summed E-state index contributed by atoms with van der Waals surface area (Å²) < 4.78 is 5.50. The summed E-state index contributed by atoms with van der Waals surface area (Å²) in [6.07, 6.45) is 3.68. The smallest absolute Gasteiger partial charge is 0.123 e. The lowest BCUT2D eigenvalue weighted by Gasteiger charge is -2.23. The van der Waals surface area contributed by atoms with Crippen LogP contribution in [0.1, 0.15) is 22.3 Å². The lowest BCUT2D eigenvalue weighted by Crippen LogP contribution is -2.22. The minimum Gasteiger partial charge on any atom is -0.496 e. The number of methoxy groups -OCH3 is 1. The summed E-state index contributed by atoms with van der Waals surface area (Å²) in [6, 6.07) is 22.0. The van der Waals surface area contributed by atoms with Crippen LogP contribution in [0, 0.1) is 11.3 Å². The molecule has 1 aromatic heterocycles. The molecule has 0 bridgehead atoms. The number of nitriles is 1. The molecule has 0 aliphatic heterocycles. The fourth-order valence-electron chi connectivity index (χ4n) is 2.93. The van der Waals surface area contributed by atoms with Gasteiger partial charge in [0.2, 0.25) is 0 Å². The van der Waals surface area contributed by atoms with Gasteiger partial charge in [0, 0.05) is 37.6 Å². The molecule has 4 nitrogen and oxygen atoms in total. The lowest BCUT2D eigenvalue weighted by molar-refractivity contribution is 0.243. The Morgan fingerprint density at radius 1 is 0.923 bits per heavy atom. The van der Waals surface area contributed by atoms with Gasteiger partial charge in [0.25, 0.3) is 0 Å². The van der Waals surface area contributed by atoms with Crippen molar-refractivity contribution in [2.45, 2.75) is 19.6 Å². The average molecular weight is 343 g/mol. The van der Waals surface area contributed by atoms with Gasteiger partial charge in [0.15, 0.2) is 0 Å². The van der Waals surface area contributed by atoms with Crippen LogP contribution in [0.2, 0.25) is 0 Å². The van der Waals surface area contributed by atoms with Crippen molar-refractivity contribution in [1.82, 2.24) is 9.88 Å². The van der Waals surface area contributed by atoms with Gasteiger partial charge in [-0.25, -0.2) is 0 Å². The van der Waals surface area contributed by atoms with Crippen molar-refractivity contribution in [2.75, 3.05) is 7.11 Å². The zero-order valence-corrected chi connectivity index (χ0v) is 14.8. The van der Waals surface area contributed by atoms with Crippen LogP contribution in [0.3, 0.4) is 0 Å². The summed E-state index contributed by atoms with van der Waals surface area (Å²) in [7, 11) is 1.70. The predicted octanol–water partition coefficient (Wildman–Crippen LogP) is 4.16. The topological polar surface area (TPSA) is 49.1 Å². The average Bonchev–Trinajstić information content (AvgIpc) is 2.70. The largest absolute Gasteiger partial charge is 0.496 e. The van der Waals surface area contributed by atoms with Crippen LogP contribution in [0.5, 0.6) is 5.75 Å². The van der Waals surface area contributed by atoms with Crippen LogP contribution in [0.15, 0.2) is 73.1 Å². The van der Waals surface area contributed by atoms with Crippen LogP contribution in [0.25, 0.3) is 0 Å². The normalized spacial score (nSPS) is 10.5. The Kier molecular flexibility index (Phi) is 5.97. The van der Waals surface area contributed by atoms with Gasteiger partial charge >= 0.3 is 0 Å². The number of nitrogens with zero attached hydrogens (tertiary/aromatic N) is 3. The standard InChI is InChI=1S/C22H21N3O/c1-26-22-7-3-2-6-21(22)17-25(16-20-5-4-12-24-14-20)15-19-10-8-18(13-23)9-11-19/h2-12,14H,15-17H2,1H3. The fraction of sp³-hybridized carbons (Fsp3) is 0.182. The lowest BCUT2D eigenvalue weighted by atomic mass is 10.1. The van der Waals surface area contributed by atoms with E-state index in [0.717, 1.165) is 36.5 Å². The van der Waals surface area contributed by atoms with E-state index in [0.29, 0.717) is 5.56 Å². The molecule has 0 saturated carbocycles. The molecule has 26 heavy (non-hydrogen) atoms. The molecular formula is C22H21N3O. The highest BCUT2D eigenvalue weighted by Gasteiger charge is 2.11. The molecule has 0 saturated heterocycles. The number of hydrogen-bond acceptors (Lipinski definition) is 4. The quantitative estimate of drug-likeness (QED) is 0.646. The van der Waals surface area contributed by atoms with E-state index in [-0.39, 0.29) is 0 Å². The molecule has 0 atom stereocenters. The summed E-state index contributed by atoms with van der Waals surface area (Å²) in [6.45, 7) is 2.32. The molecule has 0 radical (unpaired) electrons. The molecule has 3 aromatic rings. The molecule has 0 aliphatic carbocycles. The first kappa shape index (κ1) is 17.7. The number of para-hydroxylation sites is 1. The first-order valence-electron chi connectivity index (χ1n) is 8.50. The number of rotatable bonds is 7. The van der Waals surface area contributed by atoms with Crippen LogP contribution >= 0.6 is 0 Å². The van der Waals surface area contributed by atoms with Crippen molar-refractivity contribution in [1.29, 1.82) is 5.26 Å². The molecule has 0 N–H and O–H groups in total. The minimum absolute atomic E-state index is 0.678. The SMILES string of the molecule is COc1ccccc1CN(Cc1ccc(C#N)cc1)Cc1cccnc1. The molecule has 2 aromatic carbocycles. The Hall–Kier alpha value is -3.16. The number of aromatic nitrogens is 1. The molecule has 0 amide bonds. The molecule has 0 unspecified atom stereocenters. The van der Waals surface area contributed by atoms with Crippen LogP contribution in [-0.2, 0) is 19.6 Å².